The highest BCUT2D eigenvalue weighted by molar-refractivity contribution is 7.18. The van der Waals surface area contributed by atoms with Crippen molar-refractivity contribution in [3.63, 3.8) is 0 Å². The molecule has 1 aliphatic heterocycles. The third-order valence-corrected chi connectivity index (χ3v) is 4.70. The highest BCUT2D eigenvalue weighted by atomic mass is 35.5. The van der Waals surface area contributed by atoms with Crippen LogP contribution in [0.15, 0.2) is 17.3 Å². The van der Waals surface area contributed by atoms with E-state index in [1.165, 1.54) is 11.3 Å². The van der Waals surface area contributed by atoms with Crippen molar-refractivity contribution in [2.45, 2.75) is 26.0 Å². The van der Waals surface area contributed by atoms with Crippen molar-refractivity contribution >= 4 is 34.6 Å². The zero-order chi connectivity index (χ0) is 15.7. The summed E-state index contributed by atoms with van der Waals surface area (Å²) < 4.78 is 2.51. The van der Waals surface area contributed by atoms with Crippen LogP contribution >= 0.6 is 22.9 Å². The number of carbonyl (C=O) groups is 1. The molecule has 0 aliphatic carbocycles. The number of hydrogen-bond donors (Lipinski definition) is 1. The van der Waals surface area contributed by atoms with E-state index in [4.69, 9.17) is 16.4 Å². The van der Waals surface area contributed by atoms with Gasteiger partial charge in [-0.1, -0.05) is 16.8 Å². The molecule has 1 atom stereocenters. The highest BCUT2D eigenvalue weighted by Crippen LogP contribution is 2.26. The molecule has 0 radical (unpaired) electrons. The average Bonchev–Trinajstić information content (AvgIpc) is 3.20. The lowest BCUT2D eigenvalue weighted by molar-refractivity contribution is -0.131. The maximum Gasteiger partial charge on any atom is 0.264 e. The predicted octanol–water partition coefficient (Wildman–Crippen LogP) is 1.65. The second-order valence-electron chi connectivity index (χ2n) is 4.88. The Morgan fingerprint density at radius 3 is 3.00 bits per heavy atom. The Morgan fingerprint density at radius 2 is 2.36 bits per heavy atom. The number of nitrogens with one attached hydrogen (secondary N) is 1. The van der Waals surface area contributed by atoms with Gasteiger partial charge in [0.05, 0.1) is 15.8 Å². The number of rotatable bonds is 4. The van der Waals surface area contributed by atoms with Gasteiger partial charge in [0, 0.05) is 13.5 Å². The fourth-order valence-electron chi connectivity index (χ4n) is 2.02. The third-order valence-electron chi connectivity index (χ3n) is 3.42. The fraction of sp³-hybridized carbons (Fsp3) is 0.385. The van der Waals surface area contributed by atoms with Crippen molar-refractivity contribution < 1.29 is 9.63 Å². The standard InChI is InChI=1S/C13H14ClN5O2S/c1-7-16-17-12(19(7)2)6-15-13(20)9-5-8(18-21-9)10-3-4-11(14)22-10/h3-4,9H,5-6H2,1-2H3,(H,15,20). The van der Waals surface area contributed by atoms with Gasteiger partial charge in [0.25, 0.3) is 5.91 Å². The van der Waals surface area contributed by atoms with Gasteiger partial charge in [0.2, 0.25) is 6.10 Å². The molecule has 7 nitrogen and oxygen atoms in total. The third kappa shape index (κ3) is 2.97. The summed E-state index contributed by atoms with van der Waals surface area (Å²) in [6.45, 7) is 2.15. The number of halogens is 1. The molecule has 0 fully saturated rings. The lowest BCUT2D eigenvalue weighted by Gasteiger charge is -2.09. The molecule has 0 saturated heterocycles. The maximum absolute atomic E-state index is 12.1. The van der Waals surface area contributed by atoms with E-state index in [2.05, 4.69) is 20.7 Å². The number of hydrogen-bond acceptors (Lipinski definition) is 6. The van der Waals surface area contributed by atoms with Crippen molar-refractivity contribution in [3.8, 4) is 0 Å². The number of carbonyl (C=O) groups excluding carboxylic acids is 1. The van der Waals surface area contributed by atoms with Gasteiger partial charge in [-0.3, -0.25) is 4.79 Å². The molecule has 1 unspecified atom stereocenters. The van der Waals surface area contributed by atoms with Crippen LogP contribution < -0.4 is 5.32 Å². The molecule has 2 aromatic heterocycles. The van der Waals surface area contributed by atoms with Crippen molar-refractivity contribution in [1.29, 1.82) is 0 Å². The van der Waals surface area contributed by atoms with E-state index in [0.29, 0.717) is 23.1 Å². The van der Waals surface area contributed by atoms with Crippen LogP contribution in [0.2, 0.25) is 4.34 Å². The monoisotopic (exact) mass is 339 g/mol. The Balaban J connectivity index is 1.55. The van der Waals surface area contributed by atoms with E-state index >= 15 is 0 Å². The molecular weight excluding hydrogens is 326 g/mol. The molecule has 116 valence electrons. The SMILES string of the molecule is Cc1nnc(CNC(=O)C2CC(c3ccc(Cl)s3)=NO2)n1C. The van der Waals surface area contributed by atoms with Crippen LogP contribution in [0.4, 0.5) is 0 Å². The van der Waals surface area contributed by atoms with Gasteiger partial charge in [-0.15, -0.1) is 21.5 Å². The van der Waals surface area contributed by atoms with E-state index in [1.54, 1.807) is 6.07 Å². The summed E-state index contributed by atoms with van der Waals surface area (Å²) in [7, 11) is 1.85. The van der Waals surface area contributed by atoms with Gasteiger partial charge in [0.1, 0.15) is 11.5 Å². The van der Waals surface area contributed by atoms with Crippen LogP contribution in [0, 0.1) is 6.92 Å². The van der Waals surface area contributed by atoms with E-state index in [9.17, 15) is 4.79 Å². The first kappa shape index (κ1) is 15.0. The van der Waals surface area contributed by atoms with Gasteiger partial charge >= 0.3 is 0 Å². The first-order chi connectivity index (χ1) is 10.5. The molecule has 3 heterocycles. The molecule has 9 heteroatoms. The first-order valence-corrected chi connectivity index (χ1v) is 7.85. The number of amides is 1. The summed E-state index contributed by atoms with van der Waals surface area (Å²) in [5, 5.41) is 14.7. The van der Waals surface area contributed by atoms with Crippen molar-refractivity contribution in [1.82, 2.24) is 20.1 Å². The molecule has 22 heavy (non-hydrogen) atoms. The fourth-order valence-corrected chi connectivity index (χ4v) is 3.05. The zero-order valence-corrected chi connectivity index (χ0v) is 13.6. The van der Waals surface area contributed by atoms with Crippen molar-refractivity contribution in [2.75, 3.05) is 0 Å². The molecule has 3 rings (SSSR count). The normalized spacial score (nSPS) is 17.2. The number of thiophene rings is 1. The molecule has 0 aromatic carbocycles. The number of aryl methyl sites for hydroxylation is 1. The topological polar surface area (TPSA) is 81.4 Å². The minimum absolute atomic E-state index is 0.220. The average molecular weight is 340 g/mol. The summed E-state index contributed by atoms with van der Waals surface area (Å²) in [4.78, 5) is 18.3. The van der Waals surface area contributed by atoms with Crippen LogP contribution in [-0.2, 0) is 23.2 Å². The molecule has 2 aromatic rings. The van der Waals surface area contributed by atoms with E-state index in [0.717, 1.165) is 16.4 Å². The van der Waals surface area contributed by atoms with Gasteiger partial charge in [-0.25, -0.2) is 0 Å². The Morgan fingerprint density at radius 1 is 1.55 bits per heavy atom. The Hall–Kier alpha value is -1.93. The van der Waals surface area contributed by atoms with Gasteiger partial charge in [-0.2, -0.15) is 0 Å². The number of aromatic nitrogens is 3. The van der Waals surface area contributed by atoms with Gasteiger partial charge < -0.3 is 14.7 Å². The summed E-state index contributed by atoms with van der Waals surface area (Å²) >= 11 is 7.32. The Kier molecular flexibility index (Phi) is 4.12. The minimum atomic E-state index is -0.620. The van der Waals surface area contributed by atoms with Crippen molar-refractivity contribution in [3.05, 3.63) is 33.0 Å². The summed E-state index contributed by atoms with van der Waals surface area (Å²) in [5.74, 6) is 1.26. The lowest BCUT2D eigenvalue weighted by atomic mass is 10.1. The quantitative estimate of drug-likeness (QED) is 0.918. The molecular formula is C13H14ClN5O2S. The van der Waals surface area contributed by atoms with Gasteiger partial charge in [0.15, 0.2) is 5.82 Å². The van der Waals surface area contributed by atoms with Crippen LogP contribution in [0.25, 0.3) is 0 Å². The zero-order valence-electron chi connectivity index (χ0n) is 12.0. The first-order valence-electron chi connectivity index (χ1n) is 6.65. The largest absolute Gasteiger partial charge is 0.382 e. The molecule has 0 bridgehead atoms. The highest BCUT2D eigenvalue weighted by Gasteiger charge is 2.29. The van der Waals surface area contributed by atoms with E-state index in [1.807, 2.05) is 24.6 Å². The summed E-state index contributed by atoms with van der Waals surface area (Å²) in [6.07, 6.45) is -0.189. The van der Waals surface area contributed by atoms with Crippen LogP contribution in [0.1, 0.15) is 22.9 Å². The predicted molar refractivity (Wildman–Crippen MR) is 82.9 cm³/mol. The lowest BCUT2D eigenvalue weighted by Crippen LogP contribution is -2.35. The smallest absolute Gasteiger partial charge is 0.264 e. The van der Waals surface area contributed by atoms with Crippen LogP contribution in [0.3, 0.4) is 0 Å². The summed E-state index contributed by atoms with van der Waals surface area (Å²) in [6, 6.07) is 3.67. The Labute approximate surface area is 135 Å². The molecule has 1 amide bonds. The van der Waals surface area contributed by atoms with E-state index < -0.39 is 6.10 Å². The van der Waals surface area contributed by atoms with Gasteiger partial charge in [-0.05, 0) is 19.1 Å². The van der Waals surface area contributed by atoms with Crippen LogP contribution in [-0.4, -0.2) is 32.5 Å². The molecule has 0 saturated carbocycles. The minimum Gasteiger partial charge on any atom is -0.382 e. The van der Waals surface area contributed by atoms with E-state index in [-0.39, 0.29) is 5.91 Å². The maximum atomic E-state index is 12.1. The van der Waals surface area contributed by atoms with Crippen molar-refractivity contribution in [2.24, 2.45) is 12.2 Å². The number of nitrogens with zero attached hydrogens (tertiary/aromatic N) is 4. The van der Waals surface area contributed by atoms with Crippen LogP contribution in [0.5, 0.6) is 0 Å². The molecule has 1 N–H and O–H groups in total. The Bertz CT molecular complexity index is 739. The number of oxime groups is 1. The molecule has 0 spiro atoms. The molecule has 1 aliphatic rings. The second-order valence-corrected chi connectivity index (χ2v) is 6.60. The second kappa shape index (κ2) is 6.05. The summed E-state index contributed by atoms with van der Waals surface area (Å²) in [5.41, 5.74) is 0.742.